The van der Waals surface area contributed by atoms with E-state index in [1.165, 1.54) is 19.3 Å². The van der Waals surface area contributed by atoms with Gasteiger partial charge in [0.25, 0.3) is 0 Å². The lowest BCUT2D eigenvalue weighted by Gasteiger charge is -2.16. The van der Waals surface area contributed by atoms with Gasteiger partial charge < -0.3 is 14.5 Å². The molecule has 0 saturated carbocycles. The number of hydrogen-bond acceptors (Lipinski definition) is 6. The Bertz CT molecular complexity index is 1070. The van der Waals surface area contributed by atoms with Gasteiger partial charge in [0.05, 0.1) is 12.0 Å². The van der Waals surface area contributed by atoms with Crippen molar-refractivity contribution >= 4 is 33.7 Å². The molecule has 0 aliphatic carbocycles. The van der Waals surface area contributed by atoms with Gasteiger partial charge in [0.1, 0.15) is 10.7 Å². The summed E-state index contributed by atoms with van der Waals surface area (Å²) in [5.41, 5.74) is 2.02. The Morgan fingerprint density at radius 2 is 1.89 bits per heavy atom. The third-order valence-electron chi connectivity index (χ3n) is 4.48. The minimum absolute atomic E-state index is 0.0938. The first-order valence-electron chi connectivity index (χ1n) is 8.40. The number of benzene rings is 2. The molecule has 0 saturated heterocycles. The molecule has 1 atom stereocenters. The fourth-order valence-corrected chi connectivity index (χ4v) is 4.71. The number of fused-ring (bicyclic) bond motifs is 1. The van der Waals surface area contributed by atoms with Gasteiger partial charge in [0.15, 0.2) is 15.6 Å². The zero-order valence-electron chi connectivity index (χ0n) is 14.7. The smallest absolute Gasteiger partial charge is 0.464 e. The molecular weight excluding hydrogens is 367 g/mol. The Morgan fingerprint density at radius 1 is 1.15 bits per heavy atom. The molecule has 0 bridgehead atoms. The molecule has 1 aromatic heterocycles. The van der Waals surface area contributed by atoms with E-state index in [1.54, 1.807) is 42.5 Å². The SMILES string of the molecule is CC(=O)c1cccc(CS(=O)(=O)[C@@H](Cc2coc3ccccc23)B(O)O)c1. The second-order valence-corrected chi connectivity index (χ2v) is 8.70. The molecule has 0 fully saturated rings. The van der Waals surface area contributed by atoms with Crippen LogP contribution in [0.25, 0.3) is 11.0 Å². The lowest BCUT2D eigenvalue weighted by Crippen LogP contribution is -2.40. The summed E-state index contributed by atoms with van der Waals surface area (Å²) < 4.78 is 31.1. The number of furan rings is 1. The maximum atomic E-state index is 12.8. The van der Waals surface area contributed by atoms with Crippen molar-refractivity contribution < 1.29 is 27.7 Å². The summed E-state index contributed by atoms with van der Waals surface area (Å²) in [5.74, 6) is -0.565. The van der Waals surface area contributed by atoms with Gasteiger partial charge in [-0.3, -0.25) is 4.79 Å². The molecule has 0 aliphatic rings. The summed E-state index contributed by atoms with van der Waals surface area (Å²) in [6.07, 6.45) is 1.34. The van der Waals surface area contributed by atoms with E-state index < -0.39 is 27.9 Å². The van der Waals surface area contributed by atoms with Gasteiger partial charge in [-0.05, 0) is 36.6 Å². The first-order valence-corrected chi connectivity index (χ1v) is 10.1. The Hall–Kier alpha value is -2.42. The third-order valence-corrected chi connectivity index (χ3v) is 6.55. The molecule has 0 radical (unpaired) electrons. The second-order valence-electron chi connectivity index (χ2n) is 6.48. The van der Waals surface area contributed by atoms with Crippen LogP contribution in [0.3, 0.4) is 0 Å². The number of hydrogen-bond donors (Lipinski definition) is 2. The summed E-state index contributed by atoms with van der Waals surface area (Å²) in [6, 6.07) is 13.5. The quantitative estimate of drug-likeness (QED) is 0.476. The van der Waals surface area contributed by atoms with E-state index in [-0.39, 0.29) is 12.2 Å². The number of ketones is 1. The fourth-order valence-electron chi connectivity index (χ4n) is 3.04. The van der Waals surface area contributed by atoms with Crippen molar-refractivity contribution in [2.75, 3.05) is 0 Å². The standard InChI is InChI=1S/C19H19BO6S/c1-13(21)15-6-4-5-14(9-15)12-27(24,25)19(20(22)23)10-16-11-26-18-8-3-2-7-17(16)18/h2-9,11,19,22-23H,10,12H2,1H3/t19-/m0/s1. The zero-order chi connectivity index (χ0) is 19.6. The van der Waals surface area contributed by atoms with Gasteiger partial charge >= 0.3 is 7.12 Å². The average Bonchev–Trinajstić information content (AvgIpc) is 3.02. The summed E-state index contributed by atoms with van der Waals surface area (Å²) in [7, 11) is -5.96. The van der Waals surface area contributed by atoms with Crippen molar-refractivity contribution in [3.63, 3.8) is 0 Å². The predicted molar refractivity (Wildman–Crippen MR) is 103 cm³/mol. The minimum atomic E-state index is -3.91. The van der Waals surface area contributed by atoms with E-state index in [2.05, 4.69) is 0 Å². The van der Waals surface area contributed by atoms with E-state index >= 15 is 0 Å². The molecule has 0 amide bonds. The average molecular weight is 386 g/mol. The maximum Gasteiger partial charge on any atom is 0.471 e. The van der Waals surface area contributed by atoms with Crippen LogP contribution < -0.4 is 0 Å². The zero-order valence-corrected chi connectivity index (χ0v) is 15.5. The van der Waals surface area contributed by atoms with E-state index in [9.17, 15) is 23.3 Å². The Labute approximate surface area is 157 Å². The Morgan fingerprint density at radius 3 is 2.59 bits per heavy atom. The molecule has 2 N–H and O–H groups in total. The van der Waals surface area contributed by atoms with E-state index in [0.717, 1.165) is 5.39 Å². The molecule has 27 heavy (non-hydrogen) atoms. The van der Waals surface area contributed by atoms with Crippen LogP contribution >= 0.6 is 0 Å². The highest BCUT2D eigenvalue weighted by atomic mass is 32.2. The van der Waals surface area contributed by atoms with Gasteiger partial charge in [-0.1, -0.05) is 36.4 Å². The molecule has 2 aromatic carbocycles. The van der Waals surface area contributed by atoms with E-state index in [0.29, 0.717) is 22.3 Å². The predicted octanol–water partition coefficient (Wildman–Crippen LogP) is 2.17. The molecule has 8 heteroatoms. The number of carbonyl (C=O) groups excluding carboxylic acids is 1. The lowest BCUT2D eigenvalue weighted by atomic mass is 9.81. The highest BCUT2D eigenvalue weighted by Crippen LogP contribution is 2.25. The largest absolute Gasteiger partial charge is 0.471 e. The topological polar surface area (TPSA) is 105 Å². The van der Waals surface area contributed by atoms with Crippen molar-refractivity contribution in [3.8, 4) is 0 Å². The lowest BCUT2D eigenvalue weighted by molar-refractivity contribution is 0.101. The maximum absolute atomic E-state index is 12.8. The highest BCUT2D eigenvalue weighted by molar-refractivity contribution is 7.92. The van der Waals surface area contributed by atoms with Crippen LogP contribution in [0.5, 0.6) is 0 Å². The van der Waals surface area contributed by atoms with Crippen LogP contribution in [-0.2, 0) is 22.0 Å². The normalized spacial score (nSPS) is 12.9. The van der Waals surface area contributed by atoms with Crippen molar-refractivity contribution in [2.45, 2.75) is 24.2 Å². The molecule has 0 unspecified atom stereocenters. The first-order chi connectivity index (χ1) is 12.8. The van der Waals surface area contributed by atoms with E-state index in [4.69, 9.17) is 4.42 Å². The summed E-state index contributed by atoms with van der Waals surface area (Å²) in [5, 5.41) is 18.8. The monoisotopic (exact) mass is 386 g/mol. The molecule has 3 rings (SSSR count). The highest BCUT2D eigenvalue weighted by Gasteiger charge is 2.37. The summed E-state index contributed by atoms with van der Waals surface area (Å²) >= 11 is 0. The molecule has 1 heterocycles. The summed E-state index contributed by atoms with van der Waals surface area (Å²) in [4.78, 5) is 11.5. The molecule has 140 valence electrons. The van der Waals surface area contributed by atoms with Crippen LogP contribution in [-0.4, -0.2) is 36.5 Å². The Balaban J connectivity index is 1.89. The van der Waals surface area contributed by atoms with Gasteiger partial charge in [-0.25, -0.2) is 8.42 Å². The Kier molecular flexibility index (Phi) is 5.50. The van der Waals surface area contributed by atoms with Crippen molar-refractivity contribution in [1.29, 1.82) is 0 Å². The molecule has 6 nitrogen and oxygen atoms in total. The summed E-state index contributed by atoms with van der Waals surface area (Å²) in [6.45, 7) is 1.40. The van der Waals surface area contributed by atoms with Crippen molar-refractivity contribution in [3.05, 3.63) is 71.5 Å². The van der Waals surface area contributed by atoms with Crippen LogP contribution in [0.4, 0.5) is 0 Å². The van der Waals surface area contributed by atoms with Crippen LogP contribution in [0.1, 0.15) is 28.4 Å². The third kappa shape index (κ3) is 4.29. The molecular formula is C19H19BO6S. The van der Waals surface area contributed by atoms with Gasteiger partial charge in [0, 0.05) is 10.9 Å². The van der Waals surface area contributed by atoms with Crippen LogP contribution in [0.15, 0.2) is 59.2 Å². The molecule has 0 aliphatic heterocycles. The van der Waals surface area contributed by atoms with Crippen LogP contribution in [0.2, 0.25) is 0 Å². The van der Waals surface area contributed by atoms with Gasteiger partial charge in [-0.15, -0.1) is 0 Å². The second kappa shape index (κ2) is 7.68. The van der Waals surface area contributed by atoms with Crippen LogP contribution in [0, 0.1) is 0 Å². The van der Waals surface area contributed by atoms with Gasteiger partial charge in [-0.2, -0.15) is 0 Å². The number of sulfone groups is 1. The van der Waals surface area contributed by atoms with Crippen molar-refractivity contribution in [1.82, 2.24) is 0 Å². The fraction of sp³-hybridized carbons (Fsp3) is 0.211. The number of Topliss-reactive ketones (excluding diaryl/α,β-unsaturated/α-hetero) is 1. The first kappa shape index (κ1) is 19.3. The minimum Gasteiger partial charge on any atom is -0.464 e. The van der Waals surface area contributed by atoms with Crippen molar-refractivity contribution in [2.24, 2.45) is 0 Å². The van der Waals surface area contributed by atoms with Gasteiger partial charge in [0.2, 0.25) is 0 Å². The number of carbonyl (C=O) groups is 1. The number of para-hydroxylation sites is 1. The van der Waals surface area contributed by atoms with E-state index in [1.807, 2.05) is 0 Å². The molecule has 3 aromatic rings. The molecule has 0 spiro atoms. The number of rotatable bonds is 7.